The molecule has 7 nitrogen and oxygen atoms in total. The van der Waals surface area contributed by atoms with Gasteiger partial charge in [-0.3, -0.25) is 14.4 Å². The molecule has 0 heterocycles. The zero-order valence-electron chi connectivity index (χ0n) is 16.3. The first-order valence-electron chi connectivity index (χ1n) is 8.81. The molecule has 1 rings (SSSR count). The van der Waals surface area contributed by atoms with Gasteiger partial charge >= 0.3 is 0 Å². The molecule has 0 unspecified atom stereocenters. The highest BCUT2D eigenvalue weighted by molar-refractivity contribution is 5.95. The normalized spacial score (nSPS) is 13.0. The summed E-state index contributed by atoms with van der Waals surface area (Å²) in [6, 6.07) is 4.73. The minimum absolute atomic E-state index is 0.308. The number of nitrogens with two attached hydrogens (primary N) is 2. The highest BCUT2D eigenvalue weighted by Gasteiger charge is 2.35. The van der Waals surface area contributed by atoms with E-state index in [1.807, 2.05) is 0 Å². The summed E-state index contributed by atoms with van der Waals surface area (Å²) in [4.78, 5) is 36.9. The van der Waals surface area contributed by atoms with Crippen molar-refractivity contribution in [2.24, 2.45) is 11.5 Å². The molecule has 0 spiro atoms. The molecule has 6 N–H and O–H groups in total. The Labute approximate surface area is 159 Å². The van der Waals surface area contributed by atoms with E-state index in [1.54, 1.807) is 13.8 Å². The molecule has 0 aliphatic rings. The Kier molecular flexibility index (Phi) is 7.47. The molecule has 0 aliphatic heterocycles. The first-order valence-corrected chi connectivity index (χ1v) is 8.81. The Hall–Kier alpha value is -2.48. The number of primary amides is 1. The van der Waals surface area contributed by atoms with Crippen molar-refractivity contribution in [3.8, 4) is 0 Å². The number of hydrogen-bond acceptors (Lipinski definition) is 4. The van der Waals surface area contributed by atoms with Crippen molar-refractivity contribution in [1.29, 1.82) is 0 Å². The summed E-state index contributed by atoms with van der Waals surface area (Å²) in [6.07, 6.45) is 0.814. The van der Waals surface area contributed by atoms with Gasteiger partial charge in [0.15, 0.2) is 0 Å². The highest BCUT2D eigenvalue weighted by Crippen LogP contribution is 2.24. The standard InChI is InChI=1S/C19H29FN4O3/c1-18(2,12-7-9-13(20)10-8-12)17(27)23-14(6-5-11-21)15(25)24-19(3,4)16(22)26/h7-10,14H,5-6,11,21H2,1-4H3,(H2,22,26)(H,23,27)(H,24,25)/t14-/m1/s1. The summed E-state index contributed by atoms with van der Waals surface area (Å²) in [5, 5.41) is 5.26. The number of rotatable bonds is 9. The molecule has 1 atom stereocenters. The summed E-state index contributed by atoms with van der Waals surface area (Å²) in [5.74, 6) is -2.01. The van der Waals surface area contributed by atoms with Crippen LogP contribution in [0.15, 0.2) is 24.3 Å². The van der Waals surface area contributed by atoms with Gasteiger partial charge in [0.1, 0.15) is 17.4 Å². The lowest BCUT2D eigenvalue weighted by atomic mass is 9.83. The van der Waals surface area contributed by atoms with Gasteiger partial charge < -0.3 is 22.1 Å². The molecule has 0 aromatic heterocycles. The van der Waals surface area contributed by atoms with Gasteiger partial charge in [-0.15, -0.1) is 0 Å². The average Bonchev–Trinajstić information content (AvgIpc) is 2.58. The Balaban J connectivity index is 2.97. The predicted molar refractivity (Wildman–Crippen MR) is 101 cm³/mol. The van der Waals surface area contributed by atoms with E-state index in [1.165, 1.54) is 38.1 Å². The Morgan fingerprint density at radius 1 is 1.11 bits per heavy atom. The van der Waals surface area contributed by atoms with Gasteiger partial charge in [-0.25, -0.2) is 4.39 Å². The molecule has 27 heavy (non-hydrogen) atoms. The number of benzene rings is 1. The van der Waals surface area contributed by atoms with Crippen molar-refractivity contribution in [3.63, 3.8) is 0 Å². The van der Waals surface area contributed by atoms with E-state index in [9.17, 15) is 18.8 Å². The summed E-state index contributed by atoms with van der Waals surface area (Å²) in [6.45, 7) is 6.68. The highest BCUT2D eigenvalue weighted by atomic mass is 19.1. The molecule has 0 saturated carbocycles. The molecule has 8 heteroatoms. The van der Waals surface area contributed by atoms with E-state index in [0.717, 1.165) is 0 Å². The number of hydrogen-bond donors (Lipinski definition) is 4. The van der Waals surface area contributed by atoms with Crippen molar-refractivity contribution in [2.45, 2.75) is 57.5 Å². The van der Waals surface area contributed by atoms with Crippen LogP contribution in [0.2, 0.25) is 0 Å². The second kappa shape index (κ2) is 8.94. The lowest BCUT2D eigenvalue weighted by molar-refractivity contribution is -0.134. The van der Waals surface area contributed by atoms with Crippen LogP contribution >= 0.6 is 0 Å². The van der Waals surface area contributed by atoms with Gasteiger partial charge in [-0.2, -0.15) is 0 Å². The molecular weight excluding hydrogens is 351 g/mol. The number of carbonyl (C=O) groups excluding carboxylic acids is 3. The third-order valence-electron chi connectivity index (χ3n) is 4.50. The molecule has 1 aromatic carbocycles. The topological polar surface area (TPSA) is 127 Å². The van der Waals surface area contributed by atoms with E-state index in [0.29, 0.717) is 24.9 Å². The Morgan fingerprint density at radius 2 is 1.67 bits per heavy atom. The molecule has 0 radical (unpaired) electrons. The number of amides is 3. The molecule has 0 aliphatic carbocycles. The minimum atomic E-state index is -1.25. The summed E-state index contributed by atoms with van der Waals surface area (Å²) >= 11 is 0. The van der Waals surface area contributed by atoms with Gasteiger partial charge in [0, 0.05) is 0 Å². The molecule has 0 bridgehead atoms. The van der Waals surface area contributed by atoms with Crippen LogP contribution in [-0.4, -0.2) is 35.8 Å². The maximum Gasteiger partial charge on any atom is 0.243 e. The minimum Gasteiger partial charge on any atom is -0.368 e. The fraction of sp³-hybridized carbons (Fsp3) is 0.526. The molecule has 0 saturated heterocycles. The Bertz CT molecular complexity index is 687. The molecule has 1 aromatic rings. The van der Waals surface area contributed by atoms with Gasteiger partial charge in [0.05, 0.1) is 5.41 Å². The van der Waals surface area contributed by atoms with Crippen molar-refractivity contribution in [3.05, 3.63) is 35.6 Å². The largest absolute Gasteiger partial charge is 0.368 e. The van der Waals surface area contributed by atoms with Gasteiger partial charge in [-0.1, -0.05) is 12.1 Å². The van der Waals surface area contributed by atoms with Crippen LogP contribution < -0.4 is 22.1 Å². The Morgan fingerprint density at radius 3 is 2.15 bits per heavy atom. The number of nitrogens with one attached hydrogen (secondary N) is 2. The second-order valence-electron chi connectivity index (χ2n) is 7.57. The predicted octanol–water partition coefficient (Wildman–Crippen LogP) is 0.707. The van der Waals surface area contributed by atoms with Crippen LogP contribution in [0.25, 0.3) is 0 Å². The van der Waals surface area contributed by atoms with Crippen LogP contribution in [-0.2, 0) is 19.8 Å². The van der Waals surface area contributed by atoms with Crippen LogP contribution in [0.3, 0.4) is 0 Å². The van der Waals surface area contributed by atoms with E-state index >= 15 is 0 Å². The molecular formula is C19H29FN4O3. The van der Waals surface area contributed by atoms with E-state index in [-0.39, 0.29) is 0 Å². The van der Waals surface area contributed by atoms with Crippen molar-refractivity contribution in [2.75, 3.05) is 6.54 Å². The fourth-order valence-electron chi connectivity index (χ4n) is 2.38. The van der Waals surface area contributed by atoms with E-state index in [2.05, 4.69) is 10.6 Å². The van der Waals surface area contributed by atoms with Crippen LogP contribution in [0, 0.1) is 5.82 Å². The lowest BCUT2D eigenvalue weighted by Crippen LogP contribution is -2.59. The monoisotopic (exact) mass is 380 g/mol. The zero-order chi connectivity index (χ0) is 20.8. The average molecular weight is 380 g/mol. The number of carbonyl (C=O) groups is 3. The van der Waals surface area contributed by atoms with Gasteiger partial charge in [0.2, 0.25) is 17.7 Å². The maximum atomic E-state index is 13.2. The van der Waals surface area contributed by atoms with Gasteiger partial charge in [0.25, 0.3) is 0 Å². The first kappa shape index (κ1) is 22.6. The van der Waals surface area contributed by atoms with E-state index < -0.39 is 40.5 Å². The fourth-order valence-corrected chi connectivity index (χ4v) is 2.38. The lowest BCUT2D eigenvalue weighted by Gasteiger charge is -2.30. The summed E-state index contributed by atoms with van der Waals surface area (Å²) in [5.41, 5.74) is 9.17. The van der Waals surface area contributed by atoms with Crippen LogP contribution in [0.4, 0.5) is 4.39 Å². The van der Waals surface area contributed by atoms with Crippen LogP contribution in [0.1, 0.15) is 46.1 Å². The summed E-state index contributed by atoms with van der Waals surface area (Å²) < 4.78 is 13.2. The van der Waals surface area contributed by atoms with Crippen molar-refractivity contribution < 1.29 is 18.8 Å². The number of halogens is 1. The van der Waals surface area contributed by atoms with Crippen molar-refractivity contribution in [1.82, 2.24) is 10.6 Å². The van der Waals surface area contributed by atoms with Gasteiger partial charge in [-0.05, 0) is 64.8 Å². The van der Waals surface area contributed by atoms with Crippen molar-refractivity contribution >= 4 is 17.7 Å². The SMILES string of the molecule is CC(C)(NC(=O)[C@@H](CCCN)NC(=O)C(C)(C)c1ccc(F)cc1)C(N)=O. The molecule has 150 valence electrons. The third kappa shape index (κ3) is 6.02. The summed E-state index contributed by atoms with van der Waals surface area (Å²) in [7, 11) is 0. The van der Waals surface area contributed by atoms with E-state index in [4.69, 9.17) is 11.5 Å². The second-order valence-corrected chi connectivity index (χ2v) is 7.57. The molecule has 0 fully saturated rings. The zero-order valence-corrected chi connectivity index (χ0v) is 16.3. The molecule has 3 amide bonds. The van der Waals surface area contributed by atoms with Crippen LogP contribution in [0.5, 0.6) is 0 Å². The quantitative estimate of drug-likeness (QED) is 0.503. The maximum absolute atomic E-state index is 13.2. The first-order chi connectivity index (χ1) is 12.4. The third-order valence-corrected chi connectivity index (χ3v) is 4.50. The smallest absolute Gasteiger partial charge is 0.243 e.